The molecule has 2 aromatic heterocycles. The SMILES string of the molecule is CC(=O)Nc1cccc(-n2cnnc2SCc2csc(Cc3ccc(Cl)cc3)n2)c1. The molecule has 2 heterocycles. The normalized spacial score (nSPS) is 10.9. The predicted molar refractivity (Wildman–Crippen MR) is 122 cm³/mol. The Morgan fingerprint density at radius 1 is 1.23 bits per heavy atom. The molecule has 30 heavy (non-hydrogen) atoms. The Kier molecular flexibility index (Phi) is 6.47. The third-order valence-corrected chi connectivity index (χ3v) is 6.30. The molecule has 1 N–H and O–H groups in total. The van der Waals surface area contributed by atoms with E-state index in [1.165, 1.54) is 12.5 Å². The average molecular weight is 456 g/mol. The molecule has 1 amide bonds. The van der Waals surface area contributed by atoms with E-state index in [0.29, 0.717) is 5.75 Å². The van der Waals surface area contributed by atoms with Crippen molar-refractivity contribution < 1.29 is 4.79 Å². The number of hydrogen-bond acceptors (Lipinski definition) is 6. The van der Waals surface area contributed by atoms with E-state index in [9.17, 15) is 4.79 Å². The molecule has 9 heteroatoms. The number of hydrogen-bond donors (Lipinski definition) is 1. The Hall–Kier alpha value is -2.68. The van der Waals surface area contributed by atoms with Crippen LogP contribution >= 0.6 is 34.7 Å². The summed E-state index contributed by atoms with van der Waals surface area (Å²) in [6, 6.07) is 15.4. The Morgan fingerprint density at radius 3 is 2.87 bits per heavy atom. The zero-order valence-electron chi connectivity index (χ0n) is 16.1. The number of amides is 1. The molecule has 4 rings (SSSR count). The maximum Gasteiger partial charge on any atom is 0.221 e. The van der Waals surface area contributed by atoms with Gasteiger partial charge in [-0.15, -0.1) is 21.5 Å². The number of carbonyl (C=O) groups excluding carboxylic acids is 1. The van der Waals surface area contributed by atoms with Gasteiger partial charge in [0.2, 0.25) is 5.91 Å². The molecule has 0 bridgehead atoms. The minimum atomic E-state index is -0.108. The molecule has 0 saturated heterocycles. The van der Waals surface area contributed by atoms with Gasteiger partial charge in [0.1, 0.15) is 6.33 Å². The van der Waals surface area contributed by atoms with Crippen molar-refractivity contribution in [1.29, 1.82) is 0 Å². The zero-order chi connectivity index (χ0) is 20.9. The third kappa shape index (κ3) is 5.27. The molecule has 0 atom stereocenters. The number of aromatic nitrogens is 4. The van der Waals surface area contributed by atoms with E-state index in [2.05, 4.69) is 20.9 Å². The zero-order valence-corrected chi connectivity index (χ0v) is 18.5. The first kappa shape index (κ1) is 20.6. The van der Waals surface area contributed by atoms with Gasteiger partial charge in [-0.05, 0) is 35.9 Å². The van der Waals surface area contributed by atoms with Crippen molar-refractivity contribution in [3.63, 3.8) is 0 Å². The fraction of sp³-hybridized carbons (Fsp3) is 0.143. The molecule has 0 saturated carbocycles. The largest absolute Gasteiger partial charge is 0.326 e. The maximum atomic E-state index is 11.3. The van der Waals surface area contributed by atoms with E-state index < -0.39 is 0 Å². The van der Waals surface area contributed by atoms with Crippen LogP contribution in [-0.4, -0.2) is 25.7 Å². The molecule has 0 aliphatic rings. The fourth-order valence-corrected chi connectivity index (χ4v) is 4.73. The quantitative estimate of drug-likeness (QED) is 0.387. The standard InChI is InChI=1S/C21H18ClN5OS2/c1-14(28)24-17-3-2-4-19(10-17)27-13-23-26-21(27)30-12-18-11-29-20(25-18)9-15-5-7-16(22)8-6-15/h2-8,10-11,13H,9,12H2,1H3,(H,24,28). The first-order valence-corrected chi connectivity index (χ1v) is 11.4. The number of nitrogens with zero attached hydrogens (tertiary/aromatic N) is 4. The molecule has 0 unspecified atom stereocenters. The number of rotatable bonds is 7. The summed E-state index contributed by atoms with van der Waals surface area (Å²) >= 11 is 9.17. The summed E-state index contributed by atoms with van der Waals surface area (Å²) in [4.78, 5) is 16.0. The molecular weight excluding hydrogens is 438 g/mol. The lowest BCUT2D eigenvalue weighted by Crippen LogP contribution is -2.06. The van der Waals surface area contributed by atoms with Gasteiger partial charge in [-0.2, -0.15) is 0 Å². The summed E-state index contributed by atoms with van der Waals surface area (Å²) in [5, 5.41) is 15.7. The van der Waals surface area contributed by atoms with Gasteiger partial charge in [0, 0.05) is 35.2 Å². The van der Waals surface area contributed by atoms with E-state index in [-0.39, 0.29) is 5.91 Å². The summed E-state index contributed by atoms with van der Waals surface area (Å²) in [5.74, 6) is 0.588. The van der Waals surface area contributed by atoms with Crippen LogP contribution < -0.4 is 5.32 Å². The summed E-state index contributed by atoms with van der Waals surface area (Å²) in [6.07, 6.45) is 2.46. The monoisotopic (exact) mass is 455 g/mol. The number of benzene rings is 2. The molecule has 2 aromatic carbocycles. The molecule has 6 nitrogen and oxygen atoms in total. The van der Waals surface area contributed by atoms with E-state index in [4.69, 9.17) is 16.6 Å². The highest BCUT2D eigenvalue weighted by molar-refractivity contribution is 7.98. The summed E-state index contributed by atoms with van der Waals surface area (Å²) < 4.78 is 1.90. The van der Waals surface area contributed by atoms with E-state index in [1.54, 1.807) is 29.4 Å². The van der Waals surface area contributed by atoms with Gasteiger partial charge in [0.25, 0.3) is 0 Å². The second kappa shape index (κ2) is 9.42. The van der Waals surface area contributed by atoms with Crippen LogP contribution in [0.1, 0.15) is 23.2 Å². The Balaban J connectivity index is 1.42. The van der Waals surface area contributed by atoms with Crippen molar-refractivity contribution >= 4 is 46.3 Å². The van der Waals surface area contributed by atoms with Crippen molar-refractivity contribution in [1.82, 2.24) is 19.7 Å². The molecule has 0 spiro atoms. The molecule has 152 valence electrons. The minimum Gasteiger partial charge on any atom is -0.326 e. The number of anilines is 1. The van der Waals surface area contributed by atoms with Gasteiger partial charge in [-0.25, -0.2) is 4.98 Å². The van der Waals surface area contributed by atoms with Crippen LogP contribution in [0.25, 0.3) is 5.69 Å². The van der Waals surface area contributed by atoms with Crippen molar-refractivity contribution in [2.45, 2.75) is 24.3 Å². The molecular formula is C21H18ClN5OS2. The van der Waals surface area contributed by atoms with E-state index in [1.807, 2.05) is 53.1 Å². The van der Waals surface area contributed by atoms with Crippen LogP contribution in [-0.2, 0) is 17.0 Å². The van der Waals surface area contributed by atoms with Crippen molar-refractivity contribution in [3.8, 4) is 5.69 Å². The second-order valence-corrected chi connectivity index (χ2v) is 8.86. The first-order valence-electron chi connectivity index (χ1n) is 9.15. The lowest BCUT2D eigenvalue weighted by molar-refractivity contribution is -0.114. The average Bonchev–Trinajstić information content (AvgIpc) is 3.37. The van der Waals surface area contributed by atoms with Gasteiger partial charge in [0.15, 0.2) is 5.16 Å². The van der Waals surface area contributed by atoms with Crippen LogP contribution in [0, 0.1) is 0 Å². The lowest BCUT2D eigenvalue weighted by atomic mass is 10.2. The number of carbonyl (C=O) groups is 1. The summed E-state index contributed by atoms with van der Waals surface area (Å²) in [7, 11) is 0. The van der Waals surface area contributed by atoms with Crippen LogP contribution in [0.4, 0.5) is 5.69 Å². The third-order valence-electron chi connectivity index (χ3n) is 4.18. The van der Waals surface area contributed by atoms with Crippen molar-refractivity contribution in [3.05, 3.63) is 81.5 Å². The highest BCUT2D eigenvalue weighted by atomic mass is 35.5. The van der Waals surface area contributed by atoms with Crippen LogP contribution in [0.5, 0.6) is 0 Å². The minimum absolute atomic E-state index is 0.108. The Morgan fingerprint density at radius 2 is 2.07 bits per heavy atom. The maximum absolute atomic E-state index is 11.3. The lowest BCUT2D eigenvalue weighted by Gasteiger charge is -2.08. The molecule has 0 aliphatic carbocycles. The predicted octanol–water partition coefficient (Wildman–Crippen LogP) is 5.22. The van der Waals surface area contributed by atoms with Gasteiger partial charge < -0.3 is 5.32 Å². The Bertz CT molecular complexity index is 1160. The number of thioether (sulfide) groups is 1. The number of thiazole rings is 1. The topological polar surface area (TPSA) is 72.7 Å². The second-order valence-electron chi connectivity index (χ2n) is 6.54. The van der Waals surface area contributed by atoms with Crippen molar-refractivity contribution in [2.24, 2.45) is 0 Å². The summed E-state index contributed by atoms with van der Waals surface area (Å²) in [5.41, 5.74) is 3.81. The molecule has 0 radical (unpaired) electrons. The van der Waals surface area contributed by atoms with Gasteiger partial charge in [-0.3, -0.25) is 9.36 Å². The molecule has 0 fully saturated rings. The number of halogens is 1. The smallest absolute Gasteiger partial charge is 0.221 e. The van der Waals surface area contributed by atoms with E-state index in [0.717, 1.165) is 38.7 Å². The first-order chi connectivity index (χ1) is 14.6. The van der Waals surface area contributed by atoms with Gasteiger partial charge in [0.05, 0.1) is 16.4 Å². The molecule has 4 aromatic rings. The molecule has 0 aliphatic heterocycles. The fourth-order valence-electron chi connectivity index (χ4n) is 2.85. The van der Waals surface area contributed by atoms with Gasteiger partial charge in [-0.1, -0.05) is 41.6 Å². The van der Waals surface area contributed by atoms with Gasteiger partial charge >= 0.3 is 0 Å². The Labute approximate surface area is 187 Å². The van der Waals surface area contributed by atoms with Crippen molar-refractivity contribution in [2.75, 3.05) is 5.32 Å². The van der Waals surface area contributed by atoms with E-state index >= 15 is 0 Å². The highest BCUT2D eigenvalue weighted by Gasteiger charge is 2.10. The summed E-state index contributed by atoms with van der Waals surface area (Å²) in [6.45, 7) is 1.49. The van der Waals surface area contributed by atoms with Crippen LogP contribution in [0.3, 0.4) is 0 Å². The van der Waals surface area contributed by atoms with Crippen LogP contribution in [0.2, 0.25) is 5.02 Å². The van der Waals surface area contributed by atoms with Crippen LogP contribution in [0.15, 0.2) is 65.4 Å². The number of nitrogens with one attached hydrogen (secondary N) is 1. The highest BCUT2D eigenvalue weighted by Crippen LogP contribution is 2.26.